The minimum Gasteiger partial charge on any atom is -0.444 e. The number of carbonyl (C=O) groups excluding carboxylic acids is 1. The Morgan fingerprint density at radius 2 is 1.41 bits per heavy atom. The Kier molecular flexibility index (Phi) is 9.18. The zero-order valence-corrected chi connectivity index (χ0v) is 23.7. The van der Waals surface area contributed by atoms with Gasteiger partial charge in [-0.1, -0.05) is 0 Å². The molecule has 6 heterocycles. The van der Waals surface area contributed by atoms with Gasteiger partial charge in [-0.25, -0.2) is 14.8 Å². The van der Waals surface area contributed by atoms with Crippen LogP contribution in [0, 0.1) is 0 Å². The molecule has 0 unspecified atom stereocenters. The molecule has 12 nitrogen and oxygen atoms in total. The number of imidazole rings is 2. The van der Waals surface area contributed by atoms with Crippen molar-refractivity contribution in [2.24, 2.45) is 0 Å². The summed E-state index contributed by atoms with van der Waals surface area (Å²) >= 11 is 0. The van der Waals surface area contributed by atoms with Gasteiger partial charge in [0.15, 0.2) is 0 Å². The molecule has 0 atom stereocenters. The van der Waals surface area contributed by atoms with E-state index in [-0.39, 0.29) is 6.09 Å². The van der Waals surface area contributed by atoms with Gasteiger partial charge >= 0.3 is 6.09 Å². The van der Waals surface area contributed by atoms with Crippen molar-refractivity contribution < 1.29 is 19.0 Å². The SMILES string of the molecule is CC(C)(C)OC(=O)N1CCn2cc(CN3CCOCC3)nc2C1.c1c(CN2CCOCC2)nc2n1CCNC2. The summed E-state index contributed by atoms with van der Waals surface area (Å²) in [6.45, 7) is 19.7. The van der Waals surface area contributed by atoms with Crippen LogP contribution in [-0.2, 0) is 53.5 Å². The molecule has 1 N–H and O–H groups in total. The summed E-state index contributed by atoms with van der Waals surface area (Å²) in [7, 11) is 0. The second-order valence-corrected chi connectivity index (χ2v) is 11.5. The van der Waals surface area contributed by atoms with Gasteiger partial charge in [0, 0.05) is 77.8 Å². The largest absolute Gasteiger partial charge is 0.444 e. The number of aromatic nitrogens is 4. The number of nitrogens with one attached hydrogen (secondary N) is 1. The third kappa shape index (κ3) is 8.01. The molecule has 4 aliphatic rings. The Balaban J connectivity index is 0.000000168. The molecule has 0 spiro atoms. The van der Waals surface area contributed by atoms with Crippen LogP contribution in [0.1, 0.15) is 43.8 Å². The minimum absolute atomic E-state index is 0.263. The van der Waals surface area contributed by atoms with E-state index < -0.39 is 5.60 Å². The zero-order chi connectivity index (χ0) is 27.2. The highest BCUT2D eigenvalue weighted by atomic mass is 16.6. The van der Waals surface area contributed by atoms with Gasteiger partial charge in [-0.2, -0.15) is 0 Å². The lowest BCUT2D eigenvalue weighted by Crippen LogP contribution is -2.41. The van der Waals surface area contributed by atoms with Crippen molar-refractivity contribution in [1.82, 2.24) is 39.1 Å². The highest BCUT2D eigenvalue weighted by molar-refractivity contribution is 5.68. The maximum atomic E-state index is 12.2. The van der Waals surface area contributed by atoms with Crippen LogP contribution in [0.15, 0.2) is 12.4 Å². The fraction of sp³-hybridized carbons (Fsp3) is 0.741. The Bertz CT molecular complexity index is 1060. The maximum Gasteiger partial charge on any atom is 0.410 e. The van der Waals surface area contributed by atoms with Crippen molar-refractivity contribution in [2.75, 3.05) is 65.7 Å². The molecule has 39 heavy (non-hydrogen) atoms. The highest BCUT2D eigenvalue weighted by Crippen LogP contribution is 2.18. The molecule has 2 fully saturated rings. The molecule has 2 saturated heterocycles. The number of ether oxygens (including phenoxy) is 3. The van der Waals surface area contributed by atoms with Crippen LogP contribution in [0.2, 0.25) is 0 Å². The second-order valence-electron chi connectivity index (χ2n) is 11.5. The van der Waals surface area contributed by atoms with E-state index in [4.69, 9.17) is 19.2 Å². The van der Waals surface area contributed by atoms with Gasteiger partial charge in [0.25, 0.3) is 0 Å². The number of carbonyl (C=O) groups is 1. The first-order chi connectivity index (χ1) is 18.8. The van der Waals surface area contributed by atoms with Crippen LogP contribution in [0.25, 0.3) is 0 Å². The topological polar surface area (TPSA) is 102 Å². The molecule has 216 valence electrons. The van der Waals surface area contributed by atoms with Crippen LogP contribution in [0.4, 0.5) is 4.79 Å². The summed E-state index contributed by atoms with van der Waals surface area (Å²) in [5, 5.41) is 3.34. The first-order valence-corrected chi connectivity index (χ1v) is 14.2. The van der Waals surface area contributed by atoms with Crippen LogP contribution in [0.5, 0.6) is 0 Å². The van der Waals surface area contributed by atoms with Crippen molar-refractivity contribution in [3.05, 3.63) is 35.4 Å². The van der Waals surface area contributed by atoms with E-state index in [1.54, 1.807) is 4.90 Å². The van der Waals surface area contributed by atoms with Crippen molar-refractivity contribution in [3.63, 3.8) is 0 Å². The smallest absolute Gasteiger partial charge is 0.410 e. The Morgan fingerprint density at radius 1 is 0.846 bits per heavy atom. The Labute approximate surface area is 231 Å². The molecule has 0 radical (unpaired) electrons. The van der Waals surface area contributed by atoms with E-state index in [0.717, 1.165) is 103 Å². The quantitative estimate of drug-likeness (QED) is 0.610. The number of amides is 1. The third-order valence-corrected chi connectivity index (χ3v) is 7.20. The number of hydrogen-bond acceptors (Lipinski definition) is 9. The lowest BCUT2D eigenvalue weighted by atomic mass is 10.2. The number of rotatable bonds is 4. The predicted octanol–water partition coefficient (Wildman–Crippen LogP) is 1.28. The predicted molar refractivity (Wildman–Crippen MR) is 145 cm³/mol. The van der Waals surface area contributed by atoms with E-state index in [0.29, 0.717) is 13.1 Å². The van der Waals surface area contributed by atoms with Crippen LogP contribution in [0.3, 0.4) is 0 Å². The Morgan fingerprint density at radius 3 is 1.97 bits per heavy atom. The van der Waals surface area contributed by atoms with Crippen LogP contribution in [-0.4, -0.2) is 111 Å². The fourth-order valence-electron chi connectivity index (χ4n) is 5.17. The number of fused-ring (bicyclic) bond motifs is 2. The van der Waals surface area contributed by atoms with E-state index in [1.807, 2.05) is 20.8 Å². The van der Waals surface area contributed by atoms with Crippen LogP contribution < -0.4 is 5.32 Å². The number of nitrogens with zero attached hydrogens (tertiary/aromatic N) is 7. The standard InChI is InChI=1S/C16H26N4O3.C11H18N4O/c1-16(2,3)23-15(21)20-5-4-19-11-13(17-14(19)12-20)10-18-6-8-22-9-7-18;1-2-15-9-10(13-11(15)7-12-1)8-14-3-5-16-6-4-14/h11H,4-10,12H2,1-3H3;9,12H,1-8H2. The van der Waals surface area contributed by atoms with Gasteiger partial charge < -0.3 is 28.7 Å². The normalized spacial score (nSPS) is 20.5. The lowest BCUT2D eigenvalue weighted by Gasteiger charge is -2.30. The molecule has 0 bridgehead atoms. The summed E-state index contributed by atoms with van der Waals surface area (Å²) < 4.78 is 20.6. The number of hydrogen-bond donors (Lipinski definition) is 1. The molecule has 2 aromatic heterocycles. The summed E-state index contributed by atoms with van der Waals surface area (Å²) in [6, 6.07) is 0. The minimum atomic E-state index is -0.467. The molecule has 4 aliphatic heterocycles. The Hall–Kier alpha value is -2.51. The van der Waals surface area contributed by atoms with Gasteiger partial charge in [0.2, 0.25) is 0 Å². The lowest BCUT2D eigenvalue weighted by molar-refractivity contribution is 0.0195. The molecule has 12 heteroatoms. The van der Waals surface area contributed by atoms with E-state index in [2.05, 4.69) is 41.6 Å². The molecule has 6 rings (SSSR count). The molecule has 0 saturated carbocycles. The van der Waals surface area contributed by atoms with E-state index in [1.165, 1.54) is 11.5 Å². The maximum absolute atomic E-state index is 12.2. The van der Waals surface area contributed by atoms with Crippen molar-refractivity contribution in [2.45, 2.75) is 65.6 Å². The van der Waals surface area contributed by atoms with E-state index in [9.17, 15) is 4.79 Å². The van der Waals surface area contributed by atoms with Gasteiger partial charge in [-0.05, 0) is 20.8 Å². The third-order valence-electron chi connectivity index (χ3n) is 7.20. The average Bonchev–Trinajstić information content (AvgIpc) is 3.51. The number of morpholine rings is 2. The summed E-state index contributed by atoms with van der Waals surface area (Å²) in [5.74, 6) is 2.11. The van der Waals surface area contributed by atoms with Crippen molar-refractivity contribution in [3.8, 4) is 0 Å². The highest BCUT2D eigenvalue weighted by Gasteiger charge is 2.27. The molecule has 0 aliphatic carbocycles. The zero-order valence-electron chi connectivity index (χ0n) is 23.7. The van der Waals surface area contributed by atoms with Gasteiger partial charge in [-0.15, -0.1) is 0 Å². The summed E-state index contributed by atoms with van der Waals surface area (Å²) in [5.41, 5.74) is 1.79. The van der Waals surface area contributed by atoms with Gasteiger partial charge in [0.1, 0.15) is 17.2 Å². The summed E-state index contributed by atoms with van der Waals surface area (Å²) in [6.07, 6.45) is 4.05. The molecule has 1 amide bonds. The van der Waals surface area contributed by atoms with E-state index >= 15 is 0 Å². The molecular weight excluding hydrogens is 500 g/mol. The molecular formula is C27H44N8O4. The van der Waals surface area contributed by atoms with Crippen molar-refractivity contribution >= 4 is 6.09 Å². The van der Waals surface area contributed by atoms with Crippen LogP contribution >= 0.6 is 0 Å². The molecule has 2 aromatic rings. The first-order valence-electron chi connectivity index (χ1n) is 14.2. The second kappa shape index (κ2) is 12.8. The first kappa shape index (κ1) is 28.0. The van der Waals surface area contributed by atoms with Crippen molar-refractivity contribution in [1.29, 1.82) is 0 Å². The summed E-state index contributed by atoms with van der Waals surface area (Å²) in [4.78, 5) is 28.0. The fourth-order valence-corrected chi connectivity index (χ4v) is 5.17. The molecule has 0 aromatic carbocycles. The monoisotopic (exact) mass is 544 g/mol. The van der Waals surface area contributed by atoms with Gasteiger partial charge in [0.05, 0.1) is 50.9 Å². The average molecular weight is 545 g/mol. The van der Waals surface area contributed by atoms with Gasteiger partial charge in [-0.3, -0.25) is 14.7 Å².